The second kappa shape index (κ2) is 5.07. The monoisotopic (exact) mass is 297 g/mol. The predicted molar refractivity (Wildman–Crippen MR) is 91.5 cm³/mol. The fourth-order valence-corrected chi connectivity index (χ4v) is 2.79. The lowest BCUT2D eigenvalue weighted by atomic mass is 9.77. The molecule has 0 radical (unpaired) electrons. The standard InChI is InChI=1S/C18H24BNO2/c1-12(2)16-11-20-10-13-7-8-14(9-15(13)16)19-21-17(3,4)18(5,6)22-19/h7-12H,1-6H3. The highest BCUT2D eigenvalue weighted by atomic mass is 16.7. The lowest BCUT2D eigenvalue weighted by Crippen LogP contribution is -2.41. The maximum atomic E-state index is 6.16. The second-order valence-corrected chi connectivity index (χ2v) is 7.45. The number of aromatic nitrogens is 1. The number of benzene rings is 1. The molecule has 3 rings (SSSR count). The Balaban J connectivity index is 2.05. The van der Waals surface area contributed by atoms with Crippen LogP contribution in [0.15, 0.2) is 30.6 Å². The first kappa shape index (κ1) is 15.5. The van der Waals surface area contributed by atoms with Crippen LogP contribution in [0.25, 0.3) is 10.8 Å². The molecule has 0 atom stereocenters. The summed E-state index contributed by atoms with van der Waals surface area (Å²) in [5.41, 5.74) is 1.70. The molecule has 1 aromatic heterocycles. The molecule has 22 heavy (non-hydrogen) atoms. The van der Waals surface area contributed by atoms with E-state index in [2.05, 4.69) is 64.7 Å². The van der Waals surface area contributed by atoms with Crippen molar-refractivity contribution in [2.45, 2.75) is 58.7 Å². The Morgan fingerprint density at radius 1 is 1.00 bits per heavy atom. The van der Waals surface area contributed by atoms with Crippen LogP contribution in [0, 0.1) is 0 Å². The van der Waals surface area contributed by atoms with Gasteiger partial charge in [-0.1, -0.05) is 32.0 Å². The van der Waals surface area contributed by atoms with Gasteiger partial charge >= 0.3 is 7.12 Å². The largest absolute Gasteiger partial charge is 0.494 e. The van der Waals surface area contributed by atoms with Gasteiger partial charge in [0, 0.05) is 17.8 Å². The number of rotatable bonds is 2. The first-order valence-corrected chi connectivity index (χ1v) is 7.94. The van der Waals surface area contributed by atoms with Gasteiger partial charge < -0.3 is 9.31 Å². The van der Waals surface area contributed by atoms with Crippen molar-refractivity contribution in [2.24, 2.45) is 0 Å². The number of hydrogen-bond acceptors (Lipinski definition) is 3. The normalized spacial score (nSPS) is 20.0. The van der Waals surface area contributed by atoms with E-state index in [0.29, 0.717) is 5.92 Å². The Labute approximate surface area is 133 Å². The molecular formula is C18H24BNO2. The Morgan fingerprint density at radius 2 is 1.64 bits per heavy atom. The SMILES string of the molecule is CC(C)c1cncc2ccc(B3OC(C)(C)C(C)(C)O3)cc12. The lowest BCUT2D eigenvalue weighted by Gasteiger charge is -2.32. The molecule has 3 nitrogen and oxygen atoms in total. The summed E-state index contributed by atoms with van der Waals surface area (Å²) in [7, 11) is -0.317. The average molecular weight is 297 g/mol. The van der Waals surface area contributed by atoms with Gasteiger partial charge in [0.1, 0.15) is 0 Å². The zero-order chi connectivity index (χ0) is 16.1. The van der Waals surface area contributed by atoms with Crippen LogP contribution in [0.5, 0.6) is 0 Å². The smallest absolute Gasteiger partial charge is 0.399 e. The van der Waals surface area contributed by atoms with Gasteiger partial charge in [-0.05, 0) is 50.0 Å². The third kappa shape index (κ3) is 2.44. The molecule has 0 unspecified atom stereocenters. The third-order valence-corrected chi connectivity index (χ3v) is 4.96. The van der Waals surface area contributed by atoms with Crippen LogP contribution in [-0.2, 0) is 9.31 Å². The molecule has 1 aliphatic rings. The van der Waals surface area contributed by atoms with Crippen LogP contribution in [-0.4, -0.2) is 23.3 Å². The van der Waals surface area contributed by atoms with Crippen molar-refractivity contribution < 1.29 is 9.31 Å². The molecule has 1 fully saturated rings. The quantitative estimate of drug-likeness (QED) is 0.793. The van der Waals surface area contributed by atoms with Crippen LogP contribution in [0.1, 0.15) is 53.0 Å². The summed E-state index contributed by atoms with van der Waals surface area (Å²) >= 11 is 0. The highest BCUT2D eigenvalue weighted by Gasteiger charge is 2.51. The third-order valence-electron chi connectivity index (χ3n) is 4.96. The Kier molecular flexibility index (Phi) is 3.57. The molecule has 0 spiro atoms. The van der Waals surface area contributed by atoms with Crippen molar-refractivity contribution in [1.82, 2.24) is 4.98 Å². The maximum absolute atomic E-state index is 6.16. The van der Waals surface area contributed by atoms with Gasteiger partial charge in [0.25, 0.3) is 0 Å². The van der Waals surface area contributed by atoms with Gasteiger partial charge in [0.05, 0.1) is 11.2 Å². The van der Waals surface area contributed by atoms with E-state index >= 15 is 0 Å². The molecule has 0 saturated carbocycles. The molecule has 0 aliphatic carbocycles. The fourth-order valence-electron chi connectivity index (χ4n) is 2.79. The first-order valence-electron chi connectivity index (χ1n) is 7.94. The van der Waals surface area contributed by atoms with Crippen molar-refractivity contribution in [2.75, 3.05) is 0 Å². The van der Waals surface area contributed by atoms with Gasteiger partial charge in [-0.3, -0.25) is 4.98 Å². The number of fused-ring (bicyclic) bond motifs is 1. The van der Waals surface area contributed by atoms with E-state index in [1.54, 1.807) is 0 Å². The topological polar surface area (TPSA) is 31.4 Å². The van der Waals surface area contributed by atoms with Crippen molar-refractivity contribution in [1.29, 1.82) is 0 Å². The Morgan fingerprint density at radius 3 is 2.23 bits per heavy atom. The molecule has 2 heterocycles. The zero-order valence-electron chi connectivity index (χ0n) is 14.3. The van der Waals surface area contributed by atoms with E-state index in [9.17, 15) is 0 Å². The highest BCUT2D eigenvalue weighted by molar-refractivity contribution is 6.62. The first-order chi connectivity index (χ1) is 10.2. The molecule has 1 saturated heterocycles. The van der Waals surface area contributed by atoms with Crippen LogP contribution >= 0.6 is 0 Å². The summed E-state index contributed by atoms with van der Waals surface area (Å²) in [5, 5.41) is 2.39. The van der Waals surface area contributed by atoms with Gasteiger partial charge in [-0.2, -0.15) is 0 Å². The van der Waals surface area contributed by atoms with Gasteiger partial charge in [0.15, 0.2) is 0 Å². The molecular weight excluding hydrogens is 273 g/mol. The van der Waals surface area contributed by atoms with Crippen molar-refractivity contribution in [3.8, 4) is 0 Å². The Hall–Kier alpha value is -1.39. The molecule has 2 aromatic rings. The molecule has 1 aliphatic heterocycles. The van der Waals surface area contributed by atoms with E-state index in [0.717, 1.165) is 10.8 Å². The zero-order valence-corrected chi connectivity index (χ0v) is 14.3. The van der Waals surface area contributed by atoms with Crippen molar-refractivity contribution in [3.63, 3.8) is 0 Å². The molecule has 4 heteroatoms. The van der Waals surface area contributed by atoms with E-state index in [1.807, 2.05) is 12.4 Å². The summed E-state index contributed by atoms with van der Waals surface area (Å²) in [6, 6.07) is 6.37. The molecule has 0 amide bonds. The molecule has 1 aromatic carbocycles. The summed E-state index contributed by atoms with van der Waals surface area (Å²) in [5.74, 6) is 0.435. The average Bonchev–Trinajstić information content (AvgIpc) is 2.66. The minimum Gasteiger partial charge on any atom is -0.399 e. The van der Waals surface area contributed by atoms with Crippen molar-refractivity contribution >= 4 is 23.4 Å². The minimum absolute atomic E-state index is 0.314. The lowest BCUT2D eigenvalue weighted by molar-refractivity contribution is 0.00578. The summed E-state index contributed by atoms with van der Waals surface area (Å²) in [4.78, 5) is 4.34. The number of nitrogens with zero attached hydrogens (tertiary/aromatic N) is 1. The number of hydrogen-bond donors (Lipinski definition) is 0. The summed E-state index contributed by atoms with van der Waals surface area (Å²) in [6.07, 6.45) is 3.87. The highest BCUT2D eigenvalue weighted by Crippen LogP contribution is 2.36. The van der Waals surface area contributed by atoms with Crippen molar-refractivity contribution in [3.05, 3.63) is 36.2 Å². The van der Waals surface area contributed by atoms with Crippen LogP contribution in [0.4, 0.5) is 0 Å². The van der Waals surface area contributed by atoms with E-state index in [4.69, 9.17) is 9.31 Å². The van der Waals surface area contributed by atoms with E-state index in [-0.39, 0.29) is 18.3 Å². The van der Waals surface area contributed by atoms with E-state index < -0.39 is 0 Å². The minimum atomic E-state index is -0.317. The predicted octanol–water partition coefficient (Wildman–Crippen LogP) is 3.66. The van der Waals surface area contributed by atoms with Crippen LogP contribution in [0.2, 0.25) is 0 Å². The van der Waals surface area contributed by atoms with Gasteiger partial charge in [-0.25, -0.2) is 0 Å². The number of pyridine rings is 1. The summed E-state index contributed by atoms with van der Waals surface area (Å²) < 4.78 is 12.3. The molecule has 0 N–H and O–H groups in total. The maximum Gasteiger partial charge on any atom is 0.494 e. The summed E-state index contributed by atoms with van der Waals surface area (Å²) in [6.45, 7) is 12.7. The fraction of sp³-hybridized carbons (Fsp3) is 0.500. The second-order valence-electron chi connectivity index (χ2n) is 7.45. The van der Waals surface area contributed by atoms with Crippen LogP contribution < -0.4 is 5.46 Å². The van der Waals surface area contributed by atoms with Gasteiger partial charge in [0.2, 0.25) is 0 Å². The molecule has 116 valence electrons. The molecule has 0 bridgehead atoms. The Bertz CT molecular complexity index is 693. The van der Waals surface area contributed by atoms with Gasteiger partial charge in [-0.15, -0.1) is 0 Å². The van der Waals surface area contributed by atoms with Crippen LogP contribution in [0.3, 0.4) is 0 Å². The van der Waals surface area contributed by atoms with E-state index in [1.165, 1.54) is 10.9 Å².